The lowest BCUT2D eigenvalue weighted by Crippen LogP contribution is -2.30. The van der Waals surface area contributed by atoms with Gasteiger partial charge in [0, 0.05) is 60.6 Å². The number of rotatable bonds is 8. The van der Waals surface area contributed by atoms with Gasteiger partial charge in [0.25, 0.3) is 0 Å². The summed E-state index contributed by atoms with van der Waals surface area (Å²) in [5, 5.41) is 6.46. The van der Waals surface area contributed by atoms with Gasteiger partial charge < -0.3 is 15.0 Å². The van der Waals surface area contributed by atoms with Gasteiger partial charge in [0.05, 0.1) is 17.4 Å². The Morgan fingerprint density at radius 2 is 1.86 bits per heavy atom. The number of urea groups is 1. The molecule has 0 aromatic carbocycles. The summed E-state index contributed by atoms with van der Waals surface area (Å²) in [4.78, 5) is 59.2. The summed E-state index contributed by atoms with van der Waals surface area (Å²) in [6, 6.07) is 6.92. The number of imidazole rings is 1. The third-order valence-corrected chi connectivity index (χ3v) is 8.40. The highest BCUT2D eigenvalue weighted by molar-refractivity contribution is 6.13. The first-order chi connectivity index (χ1) is 20.6. The molecule has 2 N–H and O–H groups in total. The average molecular weight is 580 g/mol. The van der Waals surface area contributed by atoms with E-state index in [-0.39, 0.29) is 42.3 Å². The van der Waals surface area contributed by atoms with Crippen molar-refractivity contribution >= 4 is 40.7 Å². The molecule has 12 nitrogen and oxygen atoms in total. The molecule has 12 heteroatoms. The van der Waals surface area contributed by atoms with Crippen molar-refractivity contribution in [3.05, 3.63) is 71.3 Å². The van der Waals surface area contributed by atoms with Crippen molar-refractivity contribution in [2.24, 2.45) is 5.92 Å². The minimum atomic E-state index is -0.349. The fourth-order valence-electron chi connectivity index (χ4n) is 5.72. The van der Waals surface area contributed by atoms with Crippen molar-refractivity contribution in [2.45, 2.75) is 57.9 Å². The molecule has 220 valence electrons. The fraction of sp³-hybridized carbons (Fsp3) is 0.387. The molecule has 5 heterocycles. The Bertz CT molecular complexity index is 1800. The van der Waals surface area contributed by atoms with E-state index in [1.807, 2.05) is 55.6 Å². The highest BCUT2D eigenvalue weighted by Crippen LogP contribution is 2.46. The predicted octanol–water partition coefficient (Wildman–Crippen LogP) is 4.33. The molecule has 2 unspecified atom stereocenters. The van der Waals surface area contributed by atoms with Crippen LogP contribution in [0, 0.1) is 19.8 Å². The molecule has 0 radical (unpaired) electrons. The zero-order valence-electron chi connectivity index (χ0n) is 24.5. The number of amides is 4. The standard InChI is InChI=1S/C31H33N9O3/c1-16-7-8-32-28(34-16)22-12-23(22)30(42)36-21-9-17(2)33-26(11-21)35-18(3)24-14-39-13-20(19-5-6-19)10-25(29(39)37-24)40-15-27(41)38(4)31(40)43/h7-11,13-14,18-19,22-23H,5-6,12,15H2,1-4H3,(H2,33,35,36,42)/t18-,22?,23?/m1/s1. The normalized spacial score (nSPS) is 20.6. The van der Waals surface area contributed by atoms with E-state index in [0.717, 1.165) is 52.6 Å². The molecule has 1 aliphatic heterocycles. The number of nitrogens with zero attached hydrogens (tertiary/aromatic N) is 7. The number of likely N-dealkylation sites (N-methyl/N-ethyl adjacent to an activating group) is 1. The number of aromatic nitrogens is 5. The lowest BCUT2D eigenvalue weighted by Gasteiger charge is -2.17. The molecule has 2 aliphatic carbocycles. The molecule has 7 rings (SSSR count). The summed E-state index contributed by atoms with van der Waals surface area (Å²) in [6.07, 6.45) is 8.70. The number of aryl methyl sites for hydroxylation is 2. The summed E-state index contributed by atoms with van der Waals surface area (Å²) in [5.74, 6) is 1.36. The van der Waals surface area contributed by atoms with Crippen LogP contribution in [0.25, 0.3) is 5.65 Å². The van der Waals surface area contributed by atoms with Crippen molar-refractivity contribution in [3.8, 4) is 0 Å². The second-order valence-electron chi connectivity index (χ2n) is 11.9. The van der Waals surface area contributed by atoms with Crippen molar-refractivity contribution in [1.29, 1.82) is 0 Å². The van der Waals surface area contributed by atoms with Crippen LogP contribution in [0.2, 0.25) is 0 Å². The first-order valence-corrected chi connectivity index (χ1v) is 14.6. The van der Waals surface area contributed by atoms with Gasteiger partial charge in [0.1, 0.15) is 18.2 Å². The molecule has 43 heavy (non-hydrogen) atoms. The number of carbonyl (C=O) groups excluding carboxylic acids is 3. The summed E-state index contributed by atoms with van der Waals surface area (Å²) in [6.45, 7) is 5.79. The van der Waals surface area contributed by atoms with Crippen LogP contribution in [0.15, 0.2) is 42.9 Å². The number of hydrogen-bond donors (Lipinski definition) is 2. The lowest BCUT2D eigenvalue weighted by atomic mass is 10.1. The molecule has 3 aliphatic rings. The van der Waals surface area contributed by atoms with Crippen molar-refractivity contribution < 1.29 is 14.4 Å². The van der Waals surface area contributed by atoms with Gasteiger partial charge >= 0.3 is 6.03 Å². The zero-order chi connectivity index (χ0) is 30.0. The maximum absolute atomic E-state index is 13.0. The Morgan fingerprint density at radius 3 is 2.58 bits per heavy atom. The largest absolute Gasteiger partial charge is 0.362 e. The molecule has 3 fully saturated rings. The first kappa shape index (κ1) is 27.0. The lowest BCUT2D eigenvalue weighted by molar-refractivity contribution is -0.124. The number of anilines is 3. The Kier molecular flexibility index (Phi) is 6.37. The van der Waals surface area contributed by atoms with Gasteiger partial charge in [-0.15, -0.1) is 0 Å². The Balaban J connectivity index is 1.10. The van der Waals surface area contributed by atoms with E-state index in [1.54, 1.807) is 6.20 Å². The summed E-state index contributed by atoms with van der Waals surface area (Å²) < 4.78 is 1.95. The molecule has 0 bridgehead atoms. The van der Waals surface area contributed by atoms with E-state index in [9.17, 15) is 14.4 Å². The van der Waals surface area contributed by atoms with Crippen LogP contribution in [0.4, 0.5) is 22.0 Å². The molecule has 3 atom stereocenters. The molecule has 0 spiro atoms. The third-order valence-electron chi connectivity index (χ3n) is 8.40. The predicted molar refractivity (Wildman–Crippen MR) is 160 cm³/mol. The van der Waals surface area contributed by atoms with Crippen LogP contribution in [0.1, 0.15) is 72.5 Å². The van der Waals surface area contributed by atoms with Gasteiger partial charge in [-0.25, -0.2) is 24.7 Å². The van der Waals surface area contributed by atoms with Crippen LogP contribution in [-0.2, 0) is 9.59 Å². The van der Waals surface area contributed by atoms with Crippen LogP contribution in [0.5, 0.6) is 0 Å². The van der Waals surface area contributed by atoms with Gasteiger partial charge in [0.15, 0.2) is 5.65 Å². The Labute approximate surface area is 248 Å². The summed E-state index contributed by atoms with van der Waals surface area (Å²) in [7, 11) is 1.50. The smallest absolute Gasteiger partial charge is 0.331 e. The van der Waals surface area contributed by atoms with Gasteiger partial charge in [0.2, 0.25) is 11.8 Å². The quantitative estimate of drug-likeness (QED) is 0.294. The van der Waals surface area contributed by atoms with Crippen molar-refractivity contribution in [3.63, 3.8) is 0 Å². The Hall–Kier alpha value is -4.87. The highest BCUT2D eigenvalue weighted by Gasteiger charge is 2.46. The molecule has 4 aromatic rings. The van der Waals surface area contributed by atoms with Crippen LogP contribution < -0.4 is 15.5 Å². The van der Waals surface area contributed by atoms with Gasteiger partial charge in [-0.05, 0) is 69.7 Å². The van der Waals surface area contributed by atoms with E-state index in [4.69, 9.17) is 4.98 Å². The van der Waals surface area contributed by atoms with E-state index < -0.39 is 0 Å². The van der Waals surface area contributed by atoms with Crippen LogP contribution in [-0.4, -0.2) is 60.7 Å². The second kappa shape index (κ2) is 10.1. The molecular weight excluding hydrogens is 546 g/mol. The number of pyridine rings is 2. The number of fused-ring (bicyclic) bond motifs is 1. The second-order valence-corrected chi connectivity index (χ2v) is 11.9. The number of hydrogen-bond acceptors (Lipinski definition) is 8. The number of nitrogens with one attached hydrogen (secondary N) is 2. The van der Waals surface area contributed by atoms with Crippen LogP contribution in [0.3, 0.4) is 0 Å². The van der Waals surface area contributed by atoms with Crippen LogP contribution >= 0.6 is 0 Å². The minimum Gasteiger partial charge on any atom is -0.362 e. The first-order valence-electron chi connectivity index (χ1n) is 14.6. The van der Waals surface area contributed by atoms with Gasteiger partial charge in [-0.2, -0.15) is 0 Å². The molecule has 4 aromatic heterocycles. The topological polar surface area (TPSA) is 138 Å². The van der Waals surface area contributed by atoms with Gasteiger partial charge in [-0.3, -0.25) is 19.4 Å². The highest BCUT2D eigenvalue weighted by atomic mass is 16.2. The third kappa shape index (κ3) is 5.17. The molecule has 2 saturated carbocycles. The zero-order valence-corrected chi connectivity index (χ0v) is 24.5. The average Bonchev–Trinajstić information content (AvgIpc) is 3.89. The van der Waals surface area contributed by atoms with E-state index >= 15 is 0 Å². The molecule has 4 amide bonds. The summed E-state index contributed by atoms with van der Waals surface area (Å²) in [5.41, 5.74) is 5.46. The summed E-state index contributed by atoms with van der Waals surface area (Å²) >= 11 is 0. The number of imide groups is 1. The van der Waals surface area contributed by atoms with E-state index in [2.05, 4.69) is 31.8 Å². The van der Waals surface area contributed by atoms with E-state index in [1.165, 1.54) is 11.9 Å². The van der Waals surface area contributed by atoms with Gasteiger partial charge in [-0.1, -0.05) is 0 Å². The number of carbonyl (C=O) groups is 3. The molecule has 1 saturated heterocycles. The minimum absolute atomic E-state index is 0.00353. The van der Waals surface area contributed by atoms with Crippen molar-refractivity contribution in [1.82, 2.24) is 29.2 Å². The Morgan fingerprint density at radius 1 is 1.05 bits per heavy atom. The fourth-order valence-corrected chi connectivity index (χ4v) is 5.72. The SMILES string of the molecule is Cc1cc(NC(=O)C2CC2c2nccc(C)n2)cc(N[C@H](C)c2cn3cc(C4CC4)cc(N4CC(=O)N(C)C4=O)c3n2)n1. The monoisotopic (exact) mass is 579 g/mol. The maximum Gasteiger partial charge on any atom is 0.331 e. The maximum atomic E-state index is 13.0. The van der Waals surface area contributed by atoms with E-state index in [0.29, 0.717) is 28.8 Å². The van der Waals surface area contributed by atoms with Crippen molar-refractivity contribution in [2.75, 3.05) is 29.1 Å². The molecular formula is C31H33N9O3.